The van der Waals surface area contributed by atoms with Crippen LogP contribution in [0.2, 0.25) is 0 Å². The van der Waals surface area contributed by atoms with Crippen LogP contribution >= 0.6 is 28.3 Å². The van der Waals surface area contributed by atoms with Crippen molar-refractivity contribution in [2.24, 2.45) is 0 Å². The molecule has 1 aliphatic heterocycles. The smallest absolute Gasteiger partial charge is 0.254 e. The van der Waals surface area contributed by atoms with Gasteiger partial charge in [-0.15, -0.1) is 12.4 Å². The third kappa shape index (κ3) is 3.25. The highest BCUT2D eigenvalue weighted by atomic mass is 79.9. The Hall–Kier alpha value is -0.580. The maximum absolute atomic E-state index is 12.4. The van der Waals surface area contributed by atoms with Crippen LogP contribution in [0.25, 0.3) is 0 Å². The van der Waals surface area contributed by atoms with Crippen LogP contribution in [0.1, 0.15) is 22.3 Å². The van der Waals surface area contributed by atoms with Crippen molar-refractivity contribution >= 4 is 34.2 Å². The van der Waals surface area contributed by atoms with Crippen molar-refractivity contribution in [1.29, 1.82) is 0 Å². The largest absolute Gasteiger partial charge is 0.337 e. The molecule has 3 nitrogen and oxygen atoms in total. The third-order valence-electron chi connectivity index (χ3n) is 3.33. The molecule has 1 amide bonds. The summed E-state index contributed by atoms with van der Waals surface area (Å²) in [4.78, 5) is 14.2. The second-order valence-electron chi connectivity index (χ2n) is 4.52. The normalized spacial score (nSPS) is 18.3. The van der Waals surface area contributed by atoms with Gasteiger partial charge in [0, 0.05) is 29.7 Å². The highest BCUT2D eigenvalue weighted by Gasteiger charge is 2.24. The molecule has 1 N–H and O–H groups in total. The van der Waals surface area contributed by atoms with Gasteiger partial charge < -0.3 is 10.2 Å². The summed E-state index contributed by atoms with van der Waals surface area (Å²) in [6, 6.07) is 6.15. The van der Waals surface area contributed by atoms with Crippen LogP contribution in [0.15, 0.2) is 22.7 Å². The summed E-state index contributed by atoms with van der Waals surface area (Å²) < 4.78 is 0.949. The topological polar surface area (TPSA) is 32.3 Å². The first-order chi connectivity index (χ1) is 8.09. The number of rotatable bonds is 2. The minimum Gasteiger partial charge on any atom is -0.337 e. The van der Waals surface area contributed by atoms with Crippen molar-refractivity contribution in [3.8, 4) is 0 Å². The maximum atomic E-state index is 12.4. The van der Waals surface area contributed by atoms with Crippen molar-refractivity contribution in [2.45, 2.75) is 19.4 Å². The third-order valence-corrected chi connectivity index (χ3v) is 3.83. The Balaban J connectivity index is 0.00000162. The molecule has 2 rings (SSSR count). The second-order valence-corrected chi connectivity index (χ2v) is 5.44. The highest BCUT2D eigenvalue weighted by Crippen LogP contribution is 2.19. The van der Waals surface area contributed by atoms with Gasteiger partial charge >= 0.3 is 0 Å². The molecule has 1 saturated heterocycles. The predicted molar refractivity (Wildman–Crippen MR) is 79.5 cm³/mol. The van der Waals surface area contributed by atoms with Crippen molar-refractivity contribution in [3.63, 3.8) is 0 Å². The van der Waals surface area contributed by atoms with Gasteiger partial charge in [-0.1, -0.05) is 22.0 Å². The summed E-state index contributed by atoms with van der Waals surface area (Å²) >= 11 is 3.41. The number of hydrogen-bond donors (Lipinski definition) is 1. The fourth-order valence-corrected chi connectivity index (χ4v) is 2.51. The van der Waals surface area contributed by atoms with Gasteiger partial charge in [0.05, 0.1) is 0 Å². The standard InChI is InChI=1S/C13H17BrN2O.ClH/c1-9-3-4-10(14)7-12(9)13(17)16(2)11-5-6-15-8-11;/h3-4,7,11,15H,5-6,8H2,1-2H3;1H. The van der Waals surface area contributed by atoms with Crippen LogP contribution in [0.5, 0.6) is 0 Å². The lowest BCUT2D eigenvalue weighted by atomic mass is 10.1. The molecular formula is C13H18BrClN2O. The number of carbonyl (C=O) groups is 1. The van der Waals surface area contributed by atoms with E-state index in [2.05, 4.69) is 21.2 Å². The first-order valence-electron chi connectivity index (χ1n) is 5.83. The van der Waals surface area contributed by atoms with Crippen LogP contribution in [0.4, 0.5) is 0 Å². The average molecular weight is 334 g/mol. The van der Waals surface area contributed by atoms with Gasteiger partial charge in [-0.2, -0.15) is 0 Å². The van der Waals surface area contributed by atoms with E-state index in [-0.39, 0.29) is 18.3 Å². The molecule has 0 aromatic heterocycles. The monoisotopic (exact) mass is 332 g/mol. The molecule has 18 heavy (non-hydrogen) atoms. The van der Waals surface area contributed by atoms with E-state index in [9.17, 15) is 4.79 Å². The quantitative estimate of drug-likeness (QED) is 0.902. The van der Waals surface area contributed by atoms with Crippen LogP contribution in [-0.4, -0.2) is 37.0 Å². The molecule has 100 valence electrons. The molecule has 0 saturated carbocycles. The van der Waals surface area contributed by atoms with Gasteiger partial charge in [0.2, 0.25) is 0 Å². The van der Waals surface area contributed by atoms with E-state index in [0.29, 0.717) is 6.04 Å². The van der Waals surface area contributed by atoms with E-state index in [4.69, 9.17) is 0 Å². The summed E-state index contributed by atoms with van der Waals surface area (Å²) in [7, 11) is 1.89. The Morgan fingerprint density at radius 2 is 2.22 bits per heavy atom. The van der Waals surface area contributed by atoms with Gasteiger partial charge in [-0.25, -0.2) is 0 Å². The highest BCUT2D eigenvalue weighted by molar-refractivity contribution is 9.10. The van der Waals surface area contributed by atoms with E-state index in [0.717, 1.165) is 35.1 Å². The summed E-state index contributed by atoms with van der Waals surface area (Å²) in [5, 5.41) is 3.28. The van der Waals surface area contributed by atoms with Gasteiger partial charge in [-0.05, 0) is 37.6 Å². The predicted octanol–water partition coefficient (Wildman–Crippen LogP) is 2.61. The van der Waals surface area contributed by atoms with E-state index in [1.165, 1.54) is 0 Å². The zero-order chi connectivity index (χ0) is 12.4. The molecule has 1 heterocycles. The first kappa shape index (κ1) is 15.5. The maximum Gasteiger partial charge on any atom is 0.254 e. The Kier molecular flexibility index (Phi) is 5.63. The Bertz CT molecular complexity index is 433. The molecule has 1 aromatic carbocycles. The molecule has 0 aliphatic carbocycles. The summed E-state index contributed by atoms with van der Waals surface area (Å²) in [5.74, 6) is 0.109. The van der Waals surface area contributed by atoms with E-state index in [1.54, 1.807) is 0 Å². The zero-order valence-electron chi connectivity index (χ0n) is 10.6. The van der Waals surface area contributed by atoms with Gasteiger partial charge in [0.25, 0.3) is 5.91 Å². The number of benzene rings is 1. The fourth-order valence-electron chi connectivity index (χ4n) is 2.15. The number of amides is 1. The first-order valence-corrected chi connectivity index (χ1v) is 6.63. The minimum atomic E-state index is 0. The molecule has 1 aliphatic rings. The molecule has 0 radical (unpaired) electrons. The summed E-state index contributed by atoms with van der Waals surface area (Å²) in [5.41, 5.74) is 1.81. The lowest BCUT2D eigenvalue weighted by Gasteiger charge is -2.24. The van der Waals surface area contributed by atoms with E-state index >= 15 is 0 Å². The van der Waals surface area contributed by atoms with Crippen LogP contribution in [0, 0.1) is 6.92 Å². The molecule has 0 bridgehead atoms. The number of likely N-dealkylation sites (N-methyl/N-ethyl adjacent to an activating group) is 1. The number of nitrogens with zero attached hydrogens (tertiary/aromatic N) is 1. The molecule has 1 unspecified atom stereocenters. The van der Waals surface area contributed by atoms with Crippen molar-refractivity contribution in [1.82, 2.24) is 10.2 Å². The van der Waals surface area contributed by atoms with E-state index < -0.39 is 0 Å². The van der Waals surface area contributed by atoms with Crippen molar-refractivity contribution in [2.75, 3.05) is 20.1 Å². The van der Waals surface area contributed by atoms with Crippen LogP contribution in [-0.2, 0) is 0 Å². The Morgan fingerprint density at radius 1 is 1.50 bits per heavy atom. The van der Waals surface area contributed by atoms with Gasteiger partial charge in [0.1, 0.15) is 0 Å². The zero-order valence-corrected chi connectivity index (χ0v) is 13.0. The van der Waals surface area contributed by atoms with Crippen molar-refractivity contribution in [3.05, 3.63) is 33.8 Å². The molecule has 1 fully saturated rings. The second kappa shape index (κ2) is 6.55. The van der Waals surface area contributed by atoms with E-state index in [1.807, 2.05) is 37.1 Å². The molecule has 1 atom stereocenters. The Morgan fingerprint density at radius 3 is 2.83 bits per heavy atom. The SMILES string of the molecule is Cc1ccc(Br)cc1C(=O)N(C)C1CCNC1.Cl. The molecule has 5 heteroatoms. The lowest BCUT2D eigenvalue weighted by Crippen LogP contribution is -2.38. The summed E-state index contributed by atoms with van der Waals surface area (Å²) in [6.45, 7) is 3.87. The van der Waals surface area contributed by atoms with Gasteiger partial charge in [0.15, 0.2) is 0 Å². The lowest BCUT2D eigenvalue weighted by molar-refractivity contribution is 0.0743. The molecule has 1 aromatic rings. The average Bonchev–Trinajstić information content (AvgIpc) is 2.84. The van der Waals surface area contributed by atoms with Crippen LogP contribution < -0.4 is 5.32 Å². The van der Waals surface area contributed by atoms with Crippen molar-refractivity contribution < 1.29 is 4.79 Å². The minimum absolute atomic E-state index is 0. The van der Waals surface area contributed by atoms with Gasteiger partial charge in [-0.3, -0.25) is 4.79 Å². The molecular weight excluding hydrogens is 316 g/mol. The summed E-state index contributed by atoms with van der Waals surface area (Å²) in [6.07, 6.45) is 1.04. The number of carbonyl (C=O) groups excluding carboxylic acids is 1. The number of aryl methyl sites for hydroxylation is 1. The Labute approximate surface area is 122 Å². The number of hydrogen-bond acceptors (Lipinski definition) is 2. The number of halogens is 2. The fraction of sp³-hybridized carbons (Fsp3) is 0.462. The molecule has 0 spiro atoms. The van der Waals surface area contributed by atoms with Crippen LogP contribution in [0.3, 0.4) is 0 Å². The number of nitrogens with one attached hydrogen (secondary N) is 1.